The summed E-state index contributed by atoms with van der Waals surface area (Å²) in [5.74, 6) is -0.852. The summed E-state index contributed by atoms with van der Waals surface area (Å²) in [4.78, 5) is 24.0. The highest BCUT2D eigenvalue weighted by Gasteiger charge is 2.25. The van der Waals surface area contributed by atoms with Gasteiger partial charge in [0.05, 0.1) is 24.3 Å². The van der Waals surface area contributed by atoms with E-state index in [0.717, 1.165) is 24.0 Å². The zero-order chi connectivity index (χ0) is 20.1. The van der Waals surface area contributed by atoms with Crippen LogP contribution in [0, 0.1) is 5.92 Å². The molecule has 0 spiro atoms. The first-order valence-electron chi connectivity index (χ1n) is 9.56. The van der Waals surface area contributed by atoms with Crippen LogP contribution in [-0.2, 0) is 4.79 Å². The molecule has 0 radical (unpaired) electrons. The normalized spacial score (nSPS) is 19.5. The molecule has 0 aliphatic heterocycles. The summed E-state index contributed by atoms with van der Waals surface area (Å²) in [6.45, 7) is 0. The Kier molecular flexibility index (Phi) is 6.19. The van der Waals surface area contributed by atoms with E-state index in [0.29, 0.717) is 36.3 Å². The minimum atomic E-state index is -0.752. The van der Waals surface area contributed by atoms with E-state index in [-0.39, 0.29) is 17.9 Å². The zero-order valence-corrected chi connectivity index (χ0v) is 16.0. The molecule has 0 heterocycles. The van der Waals surface area contributed by atoms with Gasteiger partial charge in [-0.1, -0.05) is 36.8 Å². The molecular weight excluding hydrogens is 356 g/mol. The first-order chi connectivity index (χ1) is 13.5. The van der Waals surface area contributed by atoms with Gasteiger partial charge in [-0.3, -0.25) is 9.59 Å². The Morgan fingerprint density at radius 2 is 1.82 bits per heavy atom. The molecule has 2 aromatic carbocycles. The number of ether oxygens (including phenoxy) is 1. The van der Waals surface area contributed by atoms with Gasteiger partial charge in [-0.25, -0.2) is 0 Å². The molecule has 1 aliphatic carbocycles. The van der Waals surface area contributed by atoms with Crippen LogP contribution in [0.4, 0.5) is 5.69 Å². The summed E-state index contributed by atoms with van der Waals surface area (Å²) in [7, 11) is 1.54. The number of nitrogens with one attached hydrogen (secondary N) is 1. The molecule has 1 amide bonds. The third-order valence-electron chi connectivity index (χ3n) is 5.38. The fourth-order valence-corrected chi connectivity index (χ4v) is 3.82. The van der Waals surface area contributed by atoms with Crippen LogP contribution in [0.5, 0.6) is 5.75 Å². The first kappa shape index (κ1) is 19.7. The van der Waals surface area contributed by atoms with Crippen LogP contribution >= 0.6 is 0 Å². The molecule has 0 aromatic heterocycles. The predicted molar refractivity (Wildman–Crippen MR) is 108 cm³/mol. The SMILES string of the molecule is COc1c(-c2ccccc2)ccc(C(=O)NC2CCCC(C(=O)O)CC2)c1N. The van der Waals surface area contributed by atoms with Gasteiger partial charge in [0.2, 0.25) is 0 Å². The monoisotopic (exact) mass is 382 g/mol. The fraction of sp³-hybridized carbons (Fsp3) is 0.364. The van der Waals surface area contributed by atoms with Crippen molar-refractivity contribution in [3.63, 3.8) is 0 Å². The molecule has 28 heavy (non-hydrogen) atoms. The van der Waals surface area contributed by atoms with Gasteiger partial charge in [0, 0.05) is 11.6 Å². The number of carbonyl (C=O) groups excluding carboxylic acids is 1. The number of carboxylic acids is 1. The number of carboxylic acid groups (broad SMARTS) is 1. The number of nitrogens with two attached hydrogens (primary N) is 1. The number of amides is 1. The maximum Gasteiger partial charge on any atom is 0.306 e. The number of carbonyl (C=O) groups is 2. The second kappa shape index (κ2) is 8.78. The van der Waals surface area contributed by atoms with Gasteiger partial charge in [0.15, 0.2) is 0 Å². The quantitative estimate of drug-likeness (QED) is 0.540. The lowest BCUT2D eigenvalue weighted by Crippen LogP contribution is -2.35. The van der Waals surface area contributed by atoms with Crippen LogP contribution in [0.2, 0.25) is 0 Å². The van der Waals surface area contributed by atoms with Crippen molar-refractivity contribution in [2.24, 2.45) is 5.92 Å². The Morgan fingerprint density at radius 1 is 1.07 bits per heavy atom. The number of rotatable bonds is 5. The fourth-order valence-electron chi connectivity index (χ4n) is 3.82. The van der Waals surface area contributed by atoms with E-state index in [1.54, 1.807) is 6.07 Å². The van der Waals surface area contributed by atoms with E-state index in [4.69, 9.17) is 10.5 Å². The van der Waals surface area contributed by atoms with Crippen LogP contribution in [0.25, 0.3) is 11.1 Å². The van der Waals surface area contributed by atoms with Crippen molar-refractivity contribution in [2.75, 3.05) is 12.8 Å². The number of methoxy groups -OCH3 is 1. The second-order valence-electron chi connectivity index (χ2n) is 7.19. The standard InChI is InChI=1S/C22H26N2O4/c1-28-20-17(14-6-3-2-4-7-14)12-13-18(19(20)23)21(25)24-16-9-5-8-15(10-11-16)22(26)27/h2-4,6-7,12-13,15-16H,5,8-11,23H2,1H3,(H,24,25)(H,26,27). The van der Waals surface area contributed by atoms with Gasteiger partial charge in [0.1, 0.15) is 5.75 Å². The van der Waals surface area contributed by atoms with E-state index in [1.807, 2.05) is 36.4 Å². The van der Waals surface area contributed by atoms with Crippen LogP contribution in [0.1, 0.15) is 42.5 Å². The van der Waals surface area contributed by atoms with Crippen molar-refractivity contribution >= 4 is 17.6 Å². The highest BCUT2D eigenvalue weighted by atomic mass is 16.5. The van der Waals surface area contributed by atoms with Crippen LogP contribution in [0.15, 0.2) is 42.5 Å². The van der Waals surface area contributed by atoms with Gasteiger partial charge in [-0.05, 0) is 43.4 Å². The lowest BCUT2D eigenvalue weighted by Gasteiger charge is -2.19. The van der Waals surface area contributed by atoms with Gasteiger partial charge in [-0.2, -0.15) is 0 Å². The topological polar surface area (TPSA) is 102 Å². The van der Waals surface area contributed by atoms with E-state index < -0.39 is 5.97 Å². The molecule has 1 fully saturated rings. The summed E-state index contributed by atoms with van der Waals surface area (Å²) in [6.07, 6.45) is 3.44. The molecule has 1 saturated carbocycles. The van der Waals surface area contributed by atoms with Crippen LogP contribution < -0.4 is 15.8 Å². The summed E-state index contributed by atoms with van der Waals surface area (Å²) < 4.78 is 5.50. The molecule has 2 aromatic rings. The minimum absolute atomic E-state index is 0.0453. The molecule has 4 N–H and O–H groups in total. The van der Waals surface area contributed by atoms with Crippen molar-refractivity contribution in [1.82, 2.24) is 5.32 Å². The average molecular weight is 382 g/mol. The van der Waals surface area contributed by atoms with Crippen LogP contribution in [0.3, 0.4) is 0 Å². The molecule has 2 atom stereocenters. The van der Waals surface area contributed by atoms with Crippen molar-refractivity contribution < 1.29 is 19.4 Å². The number of anilines is 1. The molecule has 2 unspecified atom stereocenters. The minimum Gasteiger partial charge on any atom is -0.494 e. The average Bonchev–Trinajstić information content (AvgIpc) is 2.94. The summed E-state index contributed by atoms with van der Waals surface area (Å²) >= 11 is 0. The highest BCUT2D eigenvalue weighted by Crippen LogP contribution is 2.37. The Morgan fingerprint density at radius 3 is 2.50 bits per heavy atom. The zero-order valence-electron chi connectivity index (χ0n) is 16.0. The second-order valence-corrected chi connectivity index (χ2v) is 7.19. The van der Waals surface area contributed by atoms with E-state index in [9.17, 15) is 14.7 Å². The van der Waals surface area contributed by atoms with Crippen molar-refractivity contribution in [2.45, 2.75) is 38.1 Å². The number of aliphatic carboxylic acids is 1. The summed E-state index contributed by atoms with van der Waals surface area (Å²) in [5.41, 5.74) is 8.73. The van der Waals surface area contributed by atoms with E-state index in [2.05, 4.69) is 5.32 Å². The lowest BCUT2D eigenvalue weighted by atomic mass is 9.99. The van der Waals surface area contributed by atoms with E-state index in [1.165, 1.54) is 7.11 Å². The maximum absolute atomic E-state index is 12.8. The van der Waals surface area contributed by atoms with E-state index >= 15 is 0 Å². The number of benzene rings is 2. The number of nitrogen functional groups attached to an aromatic ring is 1. The van der Waals surface area contributed by atoms with Crippen molar-refractivity contribution in [1.29, 1.82) is 0 Å². The lowest BCUT2D eigenvalue weighted by molar-refractivity contribution is -0.142. The molecule has 0 saturated heterocycles. The number of hydrogen-bond acceptors (Lipinski definition) is 4. The third-order valence-corrected chi connectivity index (χ3v) is 5.38. The highest BCUT2D eigenvalue weighted by molar-refractivity contribution is 6.02. The Balaban J connectivity index is 1.78. The maximum atomic E-state index is 12.8. The Bertz CT molecular complexity index is 851. The smallest absolute Gasteiger partial charge is 0.306 e. The number of hydrogen-bond donors (Lipinski definition) is 3. The molecule has 6 heteroatoms. The molecule has 148 valence electrons. The molecule has 3 rings (SSSR count). The largest absolute Gasteiger partial charge is 0.494 e. The van der Waals surface area contributed by atoms with Gasteiger partial charge in [-0.15, -0.1) is 0 Å². The Hall–Kier alpha value is -3.02. The molecule has 0 bridgehead atoms. The summed E-state index contributed by atoms with van der Waals surface area (Å²) in [5, 5.41) is 12.2. The van der Waals surface area contributed by atoms with Gasteiger partial charge >= 0.3 is 5.97 Å². The van der Waals surface area contributed by atoms with Crippen LogP contribution in [-0.4, -0.2) is 30.1 Å². The van der Waals surface area contributed by atoms with Gasteiger partial charge < -0.3 is 20.9 Å². The first-order valence-corrected chi connectivity index (χ1v) is 9.56. The third kappa shape index (κ3) is 4.27. The van der Waals surface area contributed by atoms with Crippen molar-refractivity contribution in [3.05, 3.63) is 48.0 Å². The predicted octanol–water partition coefficient (Wildman–Crippen LogP) is 3.71. The molecular formula is C22H26N2O4. The molecule has 6 nitrogen and oxygen atoms in total. The molecule has 1 aliphatic rings. The summed E-state index contributed by atoms with van der Waals surface area (Å²) in [6, 6.07) is 13.2. The Labute approximate surface area is 164 Å². The van der Waals surface area contributed by atoms with Gasteiger partial charge in [0.25, 0.3) is 5.91 Å². The van der Waals surface area contributed by atoms with Crippen molar-refractivity contribution in [3.8, 4) is 16.9 Å².